The first-order valence-corrected chi connectivity index (χ1v) is 6.11. The van der Waals surface area contributed by atoms with E-state index >= 15 is 0 Å². The summed E-state index contributed by atoms with van der Waals surface area (Å²) in [6, 6.07) is 6.61. The Labute approximate surface area is 98.8 Å². The molecule has 0 bridgehead atoms. The van der Waals surface area contributed by atoms with Crippen LogP contribution in [0.2, 0.25) is 0 Å². The van der Waals surface area contributed by atoms with Gasteiger partial charge < -0.3 is 4.98 Å². The molecule has 1 aromatic heterocycles. The van der Waals surface area contributed by atoms with Gasteiger partial charge in [0.15, 0.2) is 3.95 Å². The van der Waals surface area contributed by atoms with Crippen LogP contribution in [0.4, 0.5) is 0 Å². The van der Waals surface area contributed by atoms with Gasteiger partial charge in [0, 0.05) is 17.5 Å². The predicted octanol–water partition coefficient (Wildman–Crippen LogP) is 4.01. The molecule has 0 saturated heterocycles. The predicted molar refractivity (Wildman–Crippen MR) is 68.2 cm³/mol. The minimum absolute atomic E-state index is 0.855. The zero-order chi connectivity index (χ0) is 10.8. The van der Waals surface area contributed by atoms with E-state index in [1.807, 2.05) is 6.20 Å². The summed E-state index contributed by atoms with van der Waals surface area (Å²) >= 11 is 6.71. The van der Waals surface area contributed by atoms with E-state index in [-0.39, 0.29) is 0 Å². The molecule has 0 amide bonds. The number of aromatic nitrogens is 1. The van der Waals surface area contributed by atoms with Gasteiger partial charge in [-0.25, -0.2) is 0 Å². The summed E-state index contributed by atoms with van der Waals surface area (Å²) < 4.78 is 0.855. The molecule has 0 aliphatic carbocycles. The van der Waals surface area contributed by atoms with Gasteiger partial charge >= 0.3 is 0 Å². The van der Waals surface area contributed by atoms with Crippen LogP contribution in [-0.2, 0) is 6.42 Å². The van der Waals surface area contributed by atoms with Crippen LogP contribution in [0.25, 0.3) is 0 Å². The summed E-state index contributed by atoms with van der Waals surface area (Å²) in [5.41, 5.74) is 4.05. The number of hydrogen-bond donors (Lipinski definition) is 1. The van der Waals surface area contributed by atoms with E-state index < -0.39 is 0 Å². The second-order valence-corrected chi connectivity index (χ2v) is 5.54. The molecule has 0 unspecified atom stereocenters. The molecule has 1 heterocycles. The van der Waals surface area contributed by atoms with Gasteiger partial charge in [-0.1, -0.05) is 18.2 Å². The minimum atomic E-state index is 0.855. The summed E-state index contributed by atoms with van der Waals surface area (Å²) in [4.78, 5) is 4.34. The Bertz CT molecular complexity index is 522. The highest BCUT2D eigenvalue weighted by atomic mass is 32.1. The average molecular weight is 235 g/mol. The Hall–Kier alpha value is -0.930. The molecule has 3 heteroatoms. The lowest BCUT2D eigenvalue weighted by Crippen LogP contribution is -1.88. The third-order valence-electron chi connectivity index (χ3n) is 2.52. The topological polar surface area (TPSA) is 15.8 Å². The largest absolute Gasteiger partial charge is 0.343 e. The number of aromatic amines is 1. The van der Waals surface area contributed by atoms with Gasteiger partial charge in [-0.3, -0.25) is 0 Å². The third kappa shape index (κ3) is 2.55. The summed E-state index contributed by atoms with van der Waals surface area (Å²) in [6.45, 7) is 4.29. The number of aryl methyl sites for hydroxylation is 2. The molecule has 0 radical (unpaired) electrons. The summed E-state index contributed by atoms with van der Waals surface area (Å²) in [5.74, 6) is 0. The zero-order valence-corrected chi connectivity index (χ0v) is 10.5. The first kappa shape index (κ1) is 10.6. The Morgan fingerprint density at radius 3 is 2.67 bits per heavy atom. The zero-order valence-electron chi connectivity index (χ0n) is 8.83. The molecule has 0 atom stereocenters. The number of H-pyrrole nitrogens is 1. The van der Waals surface area contributed by atoms with E-state index in [0.29, 0.717) is 0 Å². The van der Waals surface area contributed by atoms with E-state index in [9.17, 15) is 0 Å². The Morgan fingerprint density at radius 1 is 1.27 bits per heavy atom. The maximum absolute atomic E-state index is 5.06. The summed E-state index contributed by atoms with van der Waals surface area (Å²) in [6.07, 6.45) is 2.97. The van der Waals surface area contributed by atoms with Crippen LogP contribution in [0.15, 0.2) is 24.4 Å². The second-order valence-electron chi connectivity index (χ2n) is 3.74. The van der Waals surface area contributed by atoms with E-state index in [4.69, 9.17) is 12.2 Å². The maximum Gasteiger partial charge on any atom is 0.158 e. The van der Waals surface area contributed by atoms with Crippen LogP contribution in [0, 0.1) is 17.8 Å². The molecule has 2 aromatic rings. The van der Waals surface area contributed by atoms with Crippen molar-refractivity contribution in [2.75, 3.05) is 0 Å². The Morgan fingerprint density at radius 2 is 2.07 bits per heavy atom. The standard InChI is InChI=1S/C12H13NS2/c1-8-3-4-10(5-9(8)2)6-11-7-13-12(14)15-11/h3-5,7H,6H2,1-2H3,(H,13,14). The molecule has 2 rings (SSSR count). The van der Waals surface area contributed by atoms with Crippen molar-refractivity contribution < 1.29 is 0 Å². The van der Waals surface area contributed by atoms with E-state index in [1.165, 1.54) is 21.6 Å². The quantitative estimate of drug-likeness (QED) is 0.778. The minimum Gasteiger partial charge on any atom is -0.343 e. The molecule has 0 saturated carbocycles. The summed E-state index contributed by atoms with van der Waals surface area (Å²) in [7, 11) is 0. The number of nitrogens with one attached hydrogen (secondary N) is 1. The van der Waals surface area contributed by atoms with Crippen molar-refractivity contribution in [2.24, 2.45) is 0 Å². The molecule has 15 heavy (non-hydrogen) atoms. The fraction of sp³-hybridized carbons (Fsp3) is 0.250. The van der Waals surface area contributed by atoms with Crippen LogP contribution < -0.4 is 0 Å². The van der Waals surface area contributed by atoms with Crippen LogP contribution in [0.3, 0.4) is 0 Å². The number of benzene rings is 1. The van der Waals surface area contributed by atoms with Gasteiger partial charge in [-0.2, -0.15) is 0 Å². The van der Waals surface area contributed by atoms with E-state index in [0.717, 1.165) is 10.4 Å². The lowest BCUT2D eigenvalue weighted by Gasteiger charge is -2.03. The molecule has 1 nitrogen and oxygen atoms in total. The first-order valence-electron chi connectivity index (χ1n) is 4.88. The molecule has 0 aliphatic heterocycles. The van der Waals surface area contributed by atoms with Crippen molar-refractivity contribution in [3.8, 4) is 0 Å². The lowest BCUT2D eigenvalue weighted by atomic mass is 10.0. The SMILES string of the molecule is Cc1ccc(Cc2c[nH]c(=S)s2)cc1C. The van der Waals surface area contributed by atoms with Gasteiger partial charge in [-0.15, -0.1) is 11.3 Å². The molecule has 1 aromatic carbocycles. The second kappa shape index (κ2) is 4.29. The molecule has 1 N–H and O–H groups in total. The molecule has 0 aliphatic rings. The molecule has 0 spiro atoms. The Balaban J connectivity index is 2.24. The molecule has 0 fully saturated rings. The summed E-state index contributed by atoms with van der Waals surface area (Å²) in [5, 5.41) is 0. The normalized spacial score (nSPS) is 10.5. The number of thiazole rings is 1. The highest BCUT2D eigenvalue weighted by Gasteiger charge is 2.00. The van der Waals surface area contributed by atoms with Gasteiger partial charge in [0.2, 0.25) is 0 Å². The van der Waals surface area contributed by atoms with Crippen molar-refractivity contribution >= 4 is 23.6 Å². The Kier molecular flexibility index (Phi) is 3.03. The van der Waals surface area contributed by atoms with E-state index in [1.54, 1.807) is 11.3 Å². The van der Waals surface area contributed by atoms with Crippen molar-refractivity contribution in [1.29, 1.82) is 0 Å². The fourth-order valence-corrected chi connectivity index (χ4v) is 2.61. The van der Waals surface area contributed by atoms with Crippen molar-refractivity contribution in [2.45, 2.75) is 20.3 Å². The average Bonchev–Trinajstić information content (AvgIpc) is 2.58. The molecular formula is C12H13NS2. The van der Waals surface area contributed by atoms with Crippen LogP contribution in [0.1, 0.15) is 21.6 Å². The number of rotatable bonds is 2. The monoisotopic (exact) mass is 235 g/mol. The molecule has 78 valence electrons. The third-order valence-corrected chi connectivity index (χ3v) is 3.72. The first-order chi connectivity index (χ1) is 7.15. The van der Waals surface area contributed by atoms with Crippen LogP contribution in [-0.4, -0.2) is 4.98 Å². The van der Waals surface area contributed by atoms with Gasteiger partial charge in [0.1, 0.15) is 0 Å². The van der Waals surface area contributed by atoms with E-state index in [2.05, 4.69) is 37.0 Å². The van der Waals surface area contributed by atoms with Crippen molar-refractivity contribution in [3.05, 3.63) is 49.9 Å². The van der Waals surface area contributed by atoms with Crippen molar-refractivity contribution in [1.82, 2.24) is 4.98 Å². The highest BCUT2D eigenvalue weighted by Crippen LogP contribution is 2.17. The van der Waals surface area contributed by atoms with Crippen LogP contribution in [0.5, 0.6) is 0 Å². The maximum atomic E-state index is 5.06. The smallest absolute Gasteiger partial charge is 0.158 e. The highest BCUT2D eigenvalue weighted by molar-refractivity contribution is 7.73. The van der Waals surface area contributed by atoms with Gasteiger partial charge in [-0.05, 0) is 42.8 Å². The van der Waals surface area contributed by atoms with Crippen LogP contribution >= 0.6 is 23.6 Å². The van der Waals surface area contributed by atoms with Crippen molar-refractivity contribution in [3.63, 3.8) is 0 Å². The van der Waals surface area contributed by atoms with Gasteiger partial charge in [0.05, 0.1) is 0 Å². The molecular weight excluding hydrogens is 222 g/mol. The fourth-order valence-electron chi connectivity index (χ4n) is 1.52. The number of hydrogen-bond acceptors (Lipinski definition) is 2. The van der Waals surface area contributed by atoms with Gasteiger partial charge in [0.25, 0.3) is 0 Å². The lowest BCUT2D eigenvalue weighted by molar-refractivity contribution is 1.19.